The highest BCUT2D eigenvalue weighted by Gasteiger charge is 2.24. The van der Waals surface area contributed by atoms with Crippen molar-refractivity contribution in [3.8, 4) is 0 Å². The number of nitrogens with one attached hydrogen (secondary N) is 3. The number of amides is 1. The fourth-order valence-corrected chi connectivity index (χ4v) is 4.15. The normalized spacial score (nSPS) is 15.6. The Kier molecular flexibility index (Phi) is 10.5. The second kappa shape index (κ2) is 12.9. The van der Waals surface area contributed by atoms with Gasteiger partial charge in [-0.05, 0) is 56.4 Å². The van der Waals surface area contributed by atoms with Gasteiger partial charge in [-0.2, -0.15) is 0 Å². The SMILES string of the molecule is CCNC(=NCC(=O)NCc1ccco1)NCC(c1cccs1)N1CCCC1.I. The molecule has 1 unspecified atom stereocenters. The molecule has 1 saturated heterocycles. The monoisotopic (exact) mass is 531 g/mol. The average molecular weight is 531 g/mol. The minimum atomic E-state index is -0.136. The number of nitrogens with zero attached hydrogens (tertiary/aromatic N) is 2. The van der Waals surface area contributed by atoms with Crippen molar-refractivity contribution in [3.05, 3.63) is 46.5 Å². The first-order valence-corrected chi connectivity index (χ1v) is 10.7. The van der Waals surface area contributed by atoms with Gasteiger partial charge in [0.05, 0.1) is 18.8 Å². The molecule has 3 N–H and O–H groups in total. The highest BCUT2D eigenvalue weighted by atomic mass is 127. The van der Waals surface area contributed by atoms with E-state index in [1.54, 1.807) is 23.7 Å². The molecular formula is C20H30IN5O2S. The molecule has 1 amide bonds. The molecule has 9 heteroatoms. The lowest BCUT2D eigenvalue weighted by atomic mass is 10.2. The van der Waals surface area contributed by atoms with Gasteiger partial charge in [-0.25, -0.2) is 4.99 Å². The van der Waals surface area contributed by atoms with Crippen LogP contribution in [0.3, 0.4) is 0 Å². The van der Waals surface area contributed by atoms with Gasteiger partial charge in [0.15, 0.2) is 5.96 Å². The van der Waals surface area contributed by atoms with E-state index in [0.29, 0.717) is 18.5 Å². The molecular weight excluding hydrogens is 501 g/mol. The van der Waals surface area contributed by atoms with Crippen molar-refractivity contribution < 1.29 is 9.21 Å². The average Bonchev–Trinajstić information content (AvgIpc) is 3.48. The minimum Gasteiger partial charge on any atom is -0.467 e. The number of carbonyl (C=O) groups excluding carboxylic acids is 1. The number of rotatable bonds is 9. The smallest absolute Gasteiger partial charge is 0.242 e. The predicted molar refractivity (Wildman–Crippen MR) is 128 cm³/mol. The molecule has 0 radical (unpaired) electrons. The summed E-state index contributed by atoms with van der Waals surface area (Å²) in [4.78, 5) is 20.4. The van der Waals surface area contributed by atoms with Crippen molar-refractivity contribution in [1.82, 2.24) is 20.9 Å². The topological polar surface area (TPSA) is 81.9 Å². The van der Waals surface area contributed by atoms with E-state index in [4.69, 9.17) is 4.42 Å². The Labute approximate surface area is 193 Å². The number of carbonyl (C=O) groups is 1. The zero-order valence-electron chi connectivity index (χ0n) is 16.7. The van der Waals surface area contributed by atoms with Gasteiger partial charge in [-0.3, -0.25) is 9.69 Å². The molecule has 0 aromatic carbocycles. The fraction of sp³-hybridized carbons (Fsp3) is 0.500. The first kappa shape index (κ1) is 23.7. The third kappa shape index (κ3) is 7.63. The number of likely N-dealkylation sites (tertiary alicyclic amines) is 1. The molecule has 0 bridgehead atoms. The molecule has 2 aromatic rings. The fourth-order valence-electron chi connectivity index (χ4n) is 3.28. The number of furan rings is 1. The van der Waals surface area contributed by atoms with E-state index in [-0.39, 0.29) is 36.4 Å². The van der Waals surface area contributed by atoms with Gasteiger partial charge >= 0.3 is 0 Å². The molecule has 160 valence electrons. The Hall–Kier alpha value is -1.59. The summed E-state index contributed by atoms with van der Waals surface area (Å²) < 4.78 is 5.22. The lowest BCUT2D eigenvalue weighted by molar-refractivity contribution is -0.119. The summed E-state index contributed by atoms with van der Waals surface area (Å²) in [6.45, 7) is 6.24. The second-order valence-corrected chi connectivity index (χ2v) is 7.69. The molecule has 1 aliphatic rings. The van der Waals surface area contributed by atoms with Crippen LogP contribution in [0.2, 0.25) is 0 Å². The summed E-state index contributed by atoms with van der Waals surface area (Å²) in [6, 6.07) is 8.27. The summed E-state index contributed by atoms with van der Waals surface area (Å²) in [6.07, 6.45) is 4.11. The standard InChI is InChI=1S/C20H29N5O2S.HI/c1-2-21-20(24-15-19(26)22-13-16-7-5-11-27-16)23-14-17(18-8-6-12-28-18)25-9-3-4-10-25;/h5-8,11-12,17H,2-4,9-10,13-15H2,1H3,(H,22,26)(H2,21,23,24);1H. The highest BCUT2D eigenvalue weighted by Crippen LogP contribution is 2.27. The number of thiophene rings is 1. The predicted octanol–water partition coefficient (Wildman–Crippen LogP) is 2.97. The maximum Gasteiger partial charge on any atom is 0.242 e. The number of guanidine groups is 1. The van der Waals surface area contributed by atoms with Crippen LogP contribution < -0.4 is 16.0 Å². The molecule has 3 heterocycles. The Morgan fingerprint density at radius 1 is 1.24 bits per heavy atom. The van der Waals surface area contributed by atoms with Crippen molar-refractivity contribution in [2.75, 3.05) is 32.7 Å². The Morgan fingerprint density at radius 2 is 2.07 bits per heavy atom. The van der Waals surface area contributed by atoms with Crippen molar-refractivity contribution in [2.24, 2.45) is 4.99 Å². The Bertz CT molecular complexity index is 730. The molecule has 1 fully saturated rings. The van der Waals surface area contributed by atoms with E-state index in [0.717, 1.165) is 31.9 Å². The lowest BCUT2D eigenvalue weighted by Gasteiger charge is -2.27. The van der Waals surface area contributed by atoms with Crippen LogP contribution in [0.15, 0.2) is 45.3 Å². The molecule has 2 aromatic heterocycles. The van der Waals surface area contributed by atoms with Gasteiger partial charge in [0.2, 0.25) is 5.91 Å². The molecule has 0 saturated carbocycles. The van der Waals surface area contributed by atoms with Gasteiger partial charge in [-0.15, -0.1) is 35.3 Å². The zero-order chi connectivity index (χ0) is 19.6. The number of hydrogen-bond donors (Lipinski definition) is 3. The first-order valence-electron chi connectivity index (χ1n) is 9.85. The molecule has 1 atom stereocenters. The van der Waals surface area contributed by atoms with Crippen LogP contribution in [-0.2, 0) is 11.3 Å². The van der Waals surface area contributed by atoms with Crippen LogP contribution in [0.25, 0.3) is 0 Å². The molecule has 0 aliphatic carbocycles. The van der Waals surface area contributed by atoms with Crippen molar-refractivity contribution in [2.45, 2.75) is 32.4 Å². The van der Waals surface area contributed by atoms with E-state index >= 15 is 0 Å². The molecule has 7 nitrogen and oxygen atoms in total. The highest BCUT2D eigenvalue weighted by molar-refractivity contribution is 14.0. The Balaban J connectivity index is 0.00000300. The van der Waals surface area contributed by atoms with Gasteiger partial charge in [-0.1, -0.05) is 6.07 Å². The quantitative estimate of drug-likeness (QED) is 0.264. The first-order chi connectivity index (χ1) is 13.8. The minimum absolute atomic E-state index is 0. The van der Waals surface area contributed by atoms with Crippen LogP contribution in [0.4, 0.5) is 0 Å². The van der Waals surface area contributed by atoms with Crippen LogP contribution in [0.5, 0.6) is 0 Å². The van der Waals surface area contributed by atoms with Gasteiger partial charge < -0.3 is 20.4 Å². The molecule has 0 spiro atoms. The van der Waals surface area contributed by atoms with Crippen LogP contribution >= 0.6 is 35.3 Å². The summed E-state index contributed by atoms with van der Waals surface area (Å²) in [5.41, 5.74) is 0. The van der Waals surface area contributed by atoms with E-state index in [1.807, 2.05) is 13.0 Å². The zero-order valence-corrected chi connectivity index (χ0v) is 19.9. The van der Waals surface area contributed by atoms with Gasteiger partial charge in [0, 0.05) is 18.0 Å². The maximum absolute atomic E-state index is 12.1. The van der Waals surface area contributed by atoms with Crippen molar-refractivity contribution in [1.29, 1.82) is 0 Å². The third-order valence-corrected chi connectivity index (χ3v) is 5.65. The van der Waals surface area contributed by atoms with E-state index in [9.17, 15) is 4.79 Å². The summed E-state index contributed by atoms with van der Waals surface area (Å²) in [5.74, 6) is 1.26. The molecule has 3 rings (SSSR count). The maximum atomic E-state index is 12.1. The van der Waals surface area contributed by atoms with Crippen LogP contribution in [0, 0.1) is 0 Å². The second-order valence-electron chi connectivity index (χ2n) is 6.71. The summed E-state index contributed by atoms with van der Waals surface area (Å²) in [5, 5.41) is 11.6. The van der Waals surface area contributed by atoms with E-state index < -0.39 is 0 Å². The summed E-state index contributed by atoms with van der Waals surface area (Å²) >= 11 is 1.79. The largest absolute Gasteiger partial charge is 0.467 e. The van der Waals surface area contributed by atoms with Crippen molar-refractivity contribution in [3.63, 3.8) is 0 Å². The summed E-state index contributed by atoms with van der Waals surface area (Å²) in [7, 11) is 0. The molecule has 29 heavy (non-hydrogen) atoms. The van der Waals surface area contributed by atoms with E-state index in [2.05, 4.69) is 43.4 Å². The third-order valence-electron chi connectivity index (χ3n) is 4.68. The van der Waals surface area contributed by atoms with Gasteiger partial charge in [0.25, 0.3) is 0 Å². The number of aliphatic imine (C=N–C) groups is 1. The van der Waals surface area contributed by atoms with Crippen molar-refractivity contribution >= 4 is 47.2 Å². The lowest BCUT2D eigenvalue weighted by Crippen LogP contribution is -2.43. The van der Waals surface area contributed by atoms with E-state index in [1.165, 1.54) is 17.7 Å². The van der Waals surface area contributed by atoms with Gasteiger partial charge in [0.1, 0.15) is 12.3 Å². The number of hydrogen-bond acceptors (Lipinski definition) is 5. The van der Waals surface area contributed by atoms with Crippen LogP contribution in [0.1, 0.15) is 36.4 Å². The van der Waals surface area contributed by atoms with Crippen LogP contribution in [-0.4, -0.2) is 49.5 Å². The number of halogens is 1. The Morgan fingerprint density at radius 3 is 2.72 bits per heavy atom. The molecule has 1 aliphatic heterocycles.